The van der Waals surface area contributed by atoms with E-state index in [4.69, 9.17) is 4.74 Å². The third-order valence-corrected chi connectivity index (χ3v) is 3.08. The van der Waals surface area contributed by atoms with E-state index in [1.165, 1.54) is 0 Å². The first-order valence-electron chi connectivity index (χ1n) is 7.05. The molecule has 0 fully saturated rings. The molecular weight excluding hydrogens is 325 g/mol. The molecule has 0 aliphatic rings. The highest BCUT2D eigenvalue weighted by Gasteiger charge is 2.32. The third kappa shape index (κ3) is 3.98. The van der Waals surface area contributed by atoms with E-state index in [0.29, 0.717) is 23.7 Å². The number of carbonyl (C=O) groups excluding carboxylic acids is 1. The number of hydrogen-bond donors (Lipinski definition) is 1. The molecule has 0 unspecified atom stereocenters. The smallest absolute Gasteiger partial charge is 0.433 e. The second-order valence-electron chi connectivity index (χ2n) is 4.87. The second kappa shape index (κ2) is 6.81. The highest BCUT2D eigenvalue weighted by Crippen LogP contribution is 2.27. The summed E-state index contributed by atoms with van der Waals surface area (Å²) in [6.45, 7) is 5.53. The number of halogens is 3. The van der Waals surface area contributed by atoms with Gasteiger partial charge < -0.3 is 10.1 Å². The van der Waals surface area contributed by atoms with Gasteiger partial charge in [-0.2, -0.15) is 23.1 Å². The lowest BCUT2D eigenvalue weighted by atomic mass is 10.2. The number of carbonyl (C=O) groups is 1. The normalized spacial score (nSPS) is 11.2. The Morgan fingerprint density at radius 1 is 1.21 bits per heavy atom. The van der Waals surface area contributed by atoms with Crippen LogP contribution in [0.5, 0.6) is 6.01 Å². The van der Waals surface area contributed by atoms with E-state index < -0.39 is 17.8 Å². The third-order valence-electron chi connectivity index (χ3n) is 3.08. The number of nitrogens with zero attached hydrogens (tertiary/aromatic N) is 3. The maximum Gasteiger partial charge on any atom is 0.433 e. The number of anilines is 1. The van der Waals surface area contributed by atoms with Crippen molar-refractivity contribution >= 4 is 11.6 Å². The average Bonchev–Trinajstić information content (AvgIpc) is 2.50. The van der Waals surface area contributed by atoms with Crippen molar-refractivity contribution in [3.8, 4) is 6.01 Å². The molecule has 6 nitrogen and oxygen atoms in total. The van der Waals surface area contributed by atoms with E-state index in [0.717, 1.165) is 18.3 Å². The molecule has 9 heteroatoms. The zero-order chi connectivity index (χ0) is 17.9. The molecule has 128 valence electrons. The Labute approximate surface area is 136 Å². The van der Waals surface area contributed by atoms with E-state index in [1.54, 1.807) is 20.8 Å². The Balaban J connectivity index is 2.21. The number of pyridine rings is 1. The van der Waals surface area contributed by atoms with Gasteiger partial charge in [0.2, 0.25) is 0 Å². The highest BCUT2D eigenvalue weighted by molar-refractivity contribution is 6.04. The first-order valence-corrected chi connectivity index (χ1v) is 7.05. The molecular formula is C15H15F3N4O2. The molecule has 0 atom stereocenters. The Kier molecular flexibility index (Phi) is 5.01. The molecule has 2 heterocycles. The summed E-state index contributed by atoms with van der Waals surface area (Å²) in [7, 11) is 0. The van der Waals surface area contributed by atoms with Crippen molar-refractivity contribution in [3.63, 3.8) is 0 Å². The highest BCUT2D eigenvalue weighted by atomic mass is 19.4. The Morgan fingerprint density at radius 3 is 2.29 bits per heavy atom. The van der Waals surface area contributed by atoms with Gasteiger partial charge in [-0.3, -0.25) is 9.78 Å². The zero-order valence-corrected chi connectivity index (χ0v) is 13.2. The lowest BCUT2D eigenvalue weighted by Crippen LogP contribution is -2.17. The number of aryl methyl sites for hydroxylation is 2. The predicted molar refractivity (Wildman–Crippen MR) is 79.9 cm³/mol. The topological polar surface area (TPSA) is 77.0 Å². The van der Waals surface area contributed by atoms with Crippen LogP contribution in [0, 0.1) is 13.8 Å². The summed E-state index contributed by atoms with van der Waals surface area (Å²) in [5, 5.41) is 2.58. The van der Waals surface area contributed by atoms with Gasteiger partial charge in [0, 0.05) is 6.20 Å². The summed E-state index contributed by atoms with van der Waals surface area (Å²) in [6, 6.07) is 2.01. The lowest BCUT2D eigenvalue weighted by Gasteiger charge is -2.12. The summed E-state index contributed by atoms with van der Waals surface area (Å²) in [5.74, 6) is -0.602. The number of hydrogen-bond acceptors (Lipinski definition) is 5. The van der Waals surface area contributed by atoms with Gasteiger partial charge in [0.25, 0.3) is 5.91 Å². The van der Waals surface area contributed by atoms with Gasteiger partial charge in [0.1, 0.15) is 5.69 Å². The Hall–Kier alpha value is -2.71. The summed E-state index contributed by atoms with van der Waals surface area (Å²) >= 11 is 0. The quantitative estimate of drug-likeness (QED) is 0.925. The van der Waals surface area contributed by atoms with Crippen LogP contribution in [0.1, 0.15) is 34.4 Å². The van der Waals surface area contributed by atoms with Crippen LogP contribution < -0.4 is 10.1 Å². The minimum absolute atomic E-state index is 0.00400. The SMILES string of the molecule is CCOc1nc(C)c(NC(=O)c2ccc(C(F)(F)F)nc2)c(C)n1. The van der Waals surface area contributed by atoms with E-state index in [9.17, 15) is 18.0 Å². The minimum atomic E-state index is -4.55. The van der Waals surface area contributed by atoms with Crippen LogP contribution in [-0.2, 0) is 6.18 Å². The second-order valence-corrected chi connectivity index (χ2v) is 4.87. The number of aromatic nitrogens is 3. The van der Waals surface area contributed by atoms with E-state index in [2.05, 4.69) is 20.3 Å². The Morgan fingerprint density at radius 2 is 1.83 bits per heavy atom. The summed E-state index contributed by atoms with van der Waals surface area (Å²) < 4.78 is 42.7. The molecule has 2 aromatic rings. The molecule has 0 spiro atoms. The van der Waals surface area contributed by atoms with Gasteiger partial charge in [0.05, 0.1) is 29.2 Å². The van der Waals surface area contributed by atoms with Crippen LogP contribution in [0.4, 0.5) is 18.9 Å². The van der Waals surface area contributed by atoms with Gasteiger partial charge in [0.15, 0.2) is 0 Å². The van der Waals surface area contributed by atoms with Crippen LogP contribution in [-0.4, -0.2) is 27.5 Å². The fourth-order valence-electron chi connectivity index (χ4n) is 1.94. The fourth-order valence-corrected chi connectivity index (χ4v) is 1.94. The molecule has 0 bridgehead atoms. The number of ether oxygens (including phenoxy) is 1. The van der Waals surface area contributed by atoms with Gasteiger partial charge >= 0.3 is 12.2 Å². The largest absolute Gasteiger partial charge is 0.464 e. The van der Waals surface area contributed by atoms with Gasteiger partial charge in [-0.25, -0.2) is 0 Å². The molecule has 0 aliphatic carbocycles. The van der Waals surface area contributed by atoms with Crippen molar-refractivity contribution in [2.45, 2.75) is 26.9 Å². The first kappa shape index (κ1) is 17.6. The monoisotopic (exact) mass is 340 g/mol. The van der Waals surface area contributed by atoms with Crippen LogP contribution in [0.15, 0.2) is 18.3 Å². The van der Waals surface area contributed by atoms with Crippen LogP contribution >= 0.6 is 0 Å². The van der Waals surface area contributed by atoms with Crippen LogP contribution in [0.25, 0.3) is 0 Å². The molecule has 1 N–H and O–H groups in total. The van der Waals surface area contributed by atoms with Gasteiger partial charge in [-0.1, -0.05) is 0 Å². The molecule has 0 aromatic carbocycles. The molecule has 0 saturated carbocycles. The number of nitrogens with one attached hydrogen (secondary N) is 1. The van der Waals surface area contributed by atoms with Crippen molar-refractivity contribution in [3.05, 3.63) is 41.0 Å². The van der Waals surface area contributed by atoms with E-state index in [-0.39, 0.29) is 11.6 Å². The van der Waals surface area contributed by atoms with Crippen LogP contribution in [0.2, 0.25) is 0 Å². The van der Waals surface area contributed by atoms with Crippen molar-refractivity contribution < 1.29 is 22.7 Å². The van der Waals surface area contributed by atoms with Crippen molar-refractivity contribution in [2.24, 2.45) is 0 Å². The molecule has 1 amide bonds. The summed E-state index contributed by atoms with van der Waals surface area (Å²) in [5.41, 5.74) is 0.285. The molecule has 2 aromatic heterocycles. The molecule has 24 heavy (non-hydrogen) atoms. The van der Waals surface area contributed by atoms with Gasteiger partial charge in [-0.15, -0.1) is 0 Å². The van der Waals surface area contributed by atoms with Crippen molar-refractivity contribution in [1.29, 1.82) is 0 Å². The van der Waals surface area contributed by atoms with Crippen LogP contribution in [0.3, 0.4) is 0 Å². The van der Waals surface area contributed by atoms with Crippen molar-refractivity contribution in [2.75, 3.05) is 11.9 Å². The summed E-state index contributed by atoms with van der Waals surface area (Å²) in [6.07, 6.45) is -3.68. The number of amides is 1. The average molecular weight is 340 g/mol. The maximum absolute atomic E-state index is 12.5. The fraction of sp³-hybridized carbons (Fsp3) is 0.333. The molecule has 0 radical (unpaired) electrons. The predicted octanol–water partition coefficient (Wildman–Crippen LogP) is 3.16. The molecule has 0 aliphatic heterocycles. The summed E-state index contributed by atoms with van der Waals surface area (Å²) in [4.78, 5) is 23.6. The van der Waals surface area contributed by atoms with Gasteiger partial charge in [-0.05, 0) is 32.9 Å². The maximum atomic E-state index is 12.5. The standard InChI is InChI=1S/C15H15F3N4O2/c1-4-24-14-20-8(2)12(9(3)21-14)22-13(23)10-5-6-11(19-7-10)15(16,17)18/h5-7H,4H2,1-3H3,(H,22,23). The Bertz CT molecular complexity index is 722. The molecule has 0 saturated heterocycles. The van der Waals surface area contributed by atoms with E-state index in [1.807, 2.05) is 0 Å². The number of alkyl halides is 3. The van der Waals surface area contributed by atoms with E-state index >= 15 is 0 Å². The number of rotatable bonds is 4. The lowest BCUT2D eigenvalue weighted by molar-refractivity contribution is -0.141. The minimum Gasteiger partial charge on any atom is -0.464 e. The zero-order valence-electron chi connectivity index (χ0n) is 13.2. The first-order chi connectivity index (χ1) is 11.2. The van der Waals surface area contributed by atoms with Crippen molar-refractivity contribution in [1.82, 2.24) is 15.0 Å². The molecule has 2 rings (SSSR count).